The highest BCUT2D eigenvalue weighted by Gasteiger charge is 2.27. The zero-order chi connectivity index (χ0) is 15.6. The maximum Gasteiger partial charge on any atom is 0.140 e. The number of halogens is 1. The number of anilines is 1. The lowest BCUT2D eigenvalue weighted by Gasteiger charge is -2.26. The van der Waals surface area contributed by atoms with Crippen molar-refractivity contribution in [2.24, 2.45) is 0 Å². The second-order valence-corrected chi connectivity index (χ2v) is 6.04. The summed E-state index contributed by atoms with van der Waals surface area (Å²) in [6, 6.07) is 15.6. The maximum atomic E-state index is 13.7. The minimum atomic E-state index is -0.243. The van der Waals surface area contributed by atoms with E-state index in [1.54, 1.807) is 18.5 Å². The summed E-state index contributed by atoms with van der Waals surface area (Å²) in [5, 5.41) is 0.799. The Hall–Kier alpha value is -2.49. The molecule has 0 saturated carbocycles. The molecule has 1 fully saturated rings. The average Bonchev–Trinajstić information content (AvgIpc) is 3.03. The Balaban J connectivity index is 1.70. The van der Waals surface area contributed by atoms with Crippen molar-refractivity contribution in [1.82, 2.24) is 9.97 Å². The van der Waals surface area contributed by atoms with E-state index in [2.05, 4.69) is 39.1 Å². The Morgan fingerprint density at radius 1 is 1.09 bits per heavy atom. The van der Waals surface area contributed by atoms with Gasteiger partial charge in [-0.25, -0.2) is 14.4 Å². The standard InChI is InChI=1S/C19H18FN3/c20-15-8-9-18-17(12-15)19(22-13-21-18)23-10-4-7-16(23)11-14-5-2-1-3-6-14/h1-3,5-6,8-9,12-13,16H,4,7,10-11H2. The average molecular weight is 307 g/mol. The molecule has 3 aromatic rings. The Labute approximate surface area is 134 Å². The van der Waals surface area contributed by atoms with Gasteiger partial charge < -0.3 is 4.90 Å². The first-order valence-corrected chi connectivity index (χ1v) is 8.02. The van der Waals surface area contributed by atoms with Crippen LogP contribution in [0.25, 0.3) is 10.9 Å². The maximum absolute atomic E-state index is 13.7. The summed E-state index contributed by atoms with van der Waals surface area (Å²) >= 11 is 0. The number of hydrogen-bond donors (Lipinski definition) is 0. The SMILES string of the molecule is Fc1ccc2ncnc(N3CCCC3Cc3ccccc3)c2c1. The Kier molecular flexibility index (Phi) is 3.66. The Morgan fingerprint density at radius 3 is 2.83 bits per heavy atom. The lowest BCUT2D eigenvalue weighted by molar-refractivity contribution is 0.629. The molecule has 1 unspecified atom stereocenters. The first-order valence-electron chi connectivity index (χ1n) is 8.02. The Morgan fingerprint density at radius 2 is 1.96 bits per heavy atom. The summed E-state index contributed by atoms with van der Waals surface area (Å²) in [4.78, 5) is 11.0. The highest BCUT2D eigenvalue weighted by molar-refractivity contribution is 5.89. The van der Waals surface area contributed by atoms with Gasteiger partial charge in [0.2, 0.25) is 0 Å². The van der Waals surface area contributed by atoms with Gasteiger partial charge in [0, 0.05) is 18.0 Å². The van der Waals surface area contributed by atoms with E-state index in [-0.39, 0.29) is 5.82 Å². The van der Waals surface area contributed by atoms with Crippen LogP contribution in [0.15, 0.2) is 54.9 Å². The van der Waals surface area contributed by atoms with Crippen molar-refractivity contribution < 1.29 is 4.39 Å². The molecule has 1 aliphatic heterocycles. The molecule has 116 valence electrons. The molecule has 1 aliphatic rings. The van der Waals surface area contributed by atoms with Gasteiger partial charge in [-0.15, -0.1) is 0 Å². The fourth-order valence-corrected chi connectivity index (χ4v) is 3.46. The fraction of sp³-hybridized carbons (Fsp3) is 0.263. The van der Waals surface area contributed by atoms with Crippen molar-refractivity contribution in [1.29, 1.82) is 0 Å². The summed E-state index contributed by atoms with van der Waals surface area (Å²) in [5.41, 5.74) is 2.12. The molecule has 0 radical (unpaired) electrons. The van der Waals surface area contributed by atoms with Crippen molar-refractivity contribution in [2.45, 2.75) is 25.3 Å². The van der Waals surface area contributed by atoms with Crippen LogP contribution in [-0.2, 0) is 6.42 Å². The highest BCUT2D eigenvalue weighted by atomic mass is 19.1. The Bertz CT molecular complexity index is 819. The summed E-state index contributed by atoms with van der Waals surface area (Å²) in [6.45, 7) is 0.958. The quantitative estimate of drug-likeness (QED) is 0.733. The van der Waals surface area contributed by atoms with Crippen LogP contribution >= 0.6 is 0 Å². The second-order valence-electron chi connectivity index (χ2n) is 6.04. The highest BCUT2D eigenvalue weighted by Crippen LogP contribution is 2.31. The van der Waals surface area contributed by atoms with E-state index in [4.69, 9.17) is 0 Å². The molecule has 1 atom stereocenters. The number of aromatic nitrogens is 2. The van der Waals surface area contributed by atoms with Crippen molar-refractivity contribution >= 4 is 16.7 Å². The van der Waals surface area contributed by atoms with Crippen LogP contribution in [0.2, 0.25) is 0 Å². The second kappa shape index (κ2) is 5.95. The van der Waals surface area contributed by atoms with E-state index < -0.39 is 0 Å². The molecule has 1 saturated heterocycles. The summed E-state index contributed by atoms with van der Waals surface area (Å²) in [6.07, 6.45) is 4.84. The van der Waals surface area contributed by atoms with Crippen LogP contribution in [0.3, 0.4) is 0 Å². The number of benzene rings is 2. The molecule has 23 heavy (non-hydrogen) atoms. The van der Waals surface area contributed by atoms with E-state index in [9.17, 15) is 4.39 Å². The molecular formula is C19H18FN3. The van der Waals surface area contributed by atoms with Crippen LogP contribution in [0.4, 0.5) is 10.2 Å². The molecule has 3 nitrogen and oxygen atoms in total. The molecule has 4 heteroatoms. The molecule has 4 rings (SSSR count). The smallest absolute Gasteiger partial charge is 0.140 e. The van der Waals surface area contributed by atoms with Gasteiger partial charge in [-0.05, 0) is 43.0 Å². The van der Waals surface area contributed by atoms with Crippen molar-refractivity contribution in [2.75, 3.05) is 11.4 Å². The molecule has 0 spiro atoms. The predicted molar refractivity (Wildman–Crippen MR) is 90.0 cm³/mol. The lowest BCUT2D eigenvalue weighted by atomic mass is 10.0. The minimum Gasteiger partial charge on any atom is -0.353 e. The minimum absolute atomic E-state index is 0.243. The monoisotopic (exact) mass is 307 g/mol. The molecular weight excluding hydrogens is 289 g/mol. The third-order valence-electron chi connectivity index (χ3n) is 4.54. The summed E-state index contributed by atoms with van der Waals surface area (Å²) in [7, 11) is 0. The van der Waals surface area contributed by atoms with E-state index in [1.807, 2.05) is 6.07 Å². The van der Waals surface area contributed by atoms with Crippen LogP contribution in [0, 0.1) is 5.82 Å². The number of hydrogen-bond acceptors (Lipinski definition) is 3. The van der Waals surface area contributed by atoms with Crippen molar-refractivity contribution in [3.8, 4) is 0 Å². The third kappa shape index (κ3) is 2.77. The molecule has 0 aliphatic carbocycles. The van der Waals surface area contributed by atoms with Gasteiger partial charge in [-0.2, -0.15) is 0 Å². The number of nitrogens with zero attached hydrogens (tertiary/aromatic N) is 3. The van der Waals surface area contributed by atoms with Crippen LogP contribution in [0.1, 0.15) is 18.4 Å². The van der Waals surface area contributed by atoms with Gasteiger partial charge in [-0.3, -0.25) is 0 Å². The topological polar surface area (TPSA) is 29.0 Å². The van der Waals surface area contributed by atoms with Gasteiger partial charge in [0.1, 0.15) is 18.0 Å². The van der Waals surface area contributed by atoms with E-state index in [0.29, 0.717) is 6.04 Å². The number of rotatable bonds is 3. The van der Waals surface area contributed by atoms with E-state index >= 15 is 0 Å². The predicted octanol–water partition coefficient (Wildman–Crippen LogP) is 3.98. The first-order chi connectivity index (χ1) is 11.3. The van der Waals surface area contributed by atoms with Gasteiger partial charge in [0.25, 0.3) is 0 Å². The van der Waals surface area contributed by atoms with Gasteiger partial charge in [0.05, 0.1) is 5.52 Å². The molecule has 0 N–H and O–H groups in total. The molecule has 2 heterocycles. The van der Waals surface area contributed by atoms with Gasteiger partial charge in [0.15, 0.2) is 0 Å². The lowest BCUT2D eigenvalue weighted by Crippen LogP contribution is -2.32. The van der Waals surface area contributed by atoms with Crippen LogP contribution in [-0.4, -0.2) is 22.6 Å². The van der Waals surface area contributed by atoms with Crippen molar-refractivity contribution in [3.05, 3.63) is 66.2 Å². The van der Waals surface area contributed by atoms with Crippen LogP contribution in [0.5, 0.6) is 0 Å². The summed E-state index contributed by atoms with van der Waals surface area (Å²) < 4.78 is 13.7. The zero-order valence-electron chi connectivity index (χ0n) is 12.8. The zero-order valence-corrected chi connectivity index (χ0v) is 12.8. The summed E-state index contributed by atoms with van der Waals surface area (Å²) in [5.74, 6) is 0.611. The van der Waals surface area contributed by atoms with E-state index in [0.717, 1.165) is 42.5 Å². The molecule has 0 bridgehead atoms. The van der Waals surface area contributed by atoms with Crippen molar-refractivity contribution in [3.63, 3.8) is 0 Å². The molecule has 0 amide bonds. The third-order valence-corrected chi connectivity index (χ3v) is 4.54. The molecule has 1 aromatic heterocycles. The van der Waals surface area contributed by atoms with E-state index in [1.165, 1.54) is 11.6 Å². The van der Waals surface area contributed by atoms with Gasteiger partial charge in [-0.1, -0.05) is 30.3 Å². The largest absolute Gasteiger partial charge is 0.353 e. The van der Waals surface area contributed by atoms with Gasteiger partial charge >= 0.3 is 0 Å². The number of fused-ring (bicyclic) bond motifs is 1. The normalized spacial score (nSPS) is 17.8. The fourth-order valence-electron chi connectivity index (χ4n) is 3.46. The first kappa shape index (κ1) is 14.1. The van der Waals surface area contributed by atoms with Crippen LogP contribution < -0.4 is 4.90 Å². The molecule has 2 aromatic carbocycles.